The first-order valence-corrected chi connectivity index (χ1v) is 8.70. The minimum Gasteiger partial charge on any atom is -0.481 e. The highest BCUT2D eigenvalue weighted by atomic mass is 32.2. The molecule has 9 heteroatoms. The SMILES string of the molecule is CS(=O)(=O)N1C[C@@H]2CN(C(=O)c3ccc[nH]3)C[C@]2(C(=O)O)C1. The van der Waals surface area contributed by atoms with E-state index < -0.39 is 27.3 Å². The van der Waals surface area contributed by atoms with E-state index in [9.17, 15) is 23.1 Å². The number of nitrogens with one attached hydrogen (secondary N) is 1. The van der Waals surface area contributed by atoms with Crippen LogP contribution in [0.3, 0.4) is 0 Å². The average molecular weight is 327 g/mol. The third-order valence-electron chi connectivity index (χ3n) is 4.59. The van der Waals surface area contributed by atoms with Crippen molar-refractivity contribution < 1.29 is 23.1 Å². The van der Waals surface area contributed by atoms with Crippen LogP contribution in [0.1, 0.15) is 10.5 Å². The molecule has 2 atom stereocenters. The van der Waals surface area contributed by atoms with Gasteiger partial charge in [0.2, 0.25) is 10.0 Å². The predicted octanol–water partition coefficient (Wildman–Crippen LogP) is -0.567. The summed E-state index contributed by atoms with van der Waals surface area (Å²) in [7, 11) is -3.44. The maximum atomic E-state index is 12.4. The molecule has 0 radical (unpaired) electrons. The molecule has 1 aromatic rings. The fourth-order valence-electron chi connectivity index (χ4n) is 3.36. The van der Waals surface area contributed by atoms with Crippen LogP contribution in [-0.2, 0) is 14.8 Å². The minimum absolute atomic E-state index is 0.0247. The third kappa shape index (κ3) is 2.20. The number of carboxylic acids is 1. The van der Waals surface area contributed by atoms with Crippen LogP contribution in [0.25, 0.3) is 0 Å². The van der Waals surface area contributed by atoms with Crippen molar-refractivity contribution in [3.8, 4) is 0 Å². The number of sulfonamides is 1. The Morgan fingerprint density at radius 1 is 1.36 bits per heavy atom. The Hall–Kier alpha value is -1.87. The summed E-state index contributed by atoms with van der Waals surface area (Å²) in [5.41, 5.74) is -0.814. The maximum Gasteiger partial charge on any atom is 0.313 e. The van der Waals surface area contributed by atoms with Crippen molar-refractivity contribution in [2.45, 2.75) is 0 Å². The molecule has 2 fully saturated rings. The highest BCUT2D eigenvalue weighted by Gasteiger charge is 2.60. The zero-order valence-electron chi connectivity index (χ0n) is 12.0. The van der Waals surface area contributed by atoms with Crippen LogP contribution in [0.5, 0.6) is 0 Å². The molecule has 0 spiro atoms. The number of nitrogens with zero attached hydrogens (tertiary/aromatic N) is 2. The van der Waals surface area contributed by atoms with Crippen LogP contribution in [0.2, 0.25) is 0 Å². The molecule has 1 aromatic heterocycles. The number of hydrogen-bond acceptors (Lipinski definition) is 4. The van der Waals surface area contributed by atoms with Crippen molar-refractivity contribution in [3.05, 3.63) is 24.0 Å². The molecule has 3 heterocycles. The summed E-state index contributed by atoms with van der Waals surface area (Å²) in [5, 5.41) is 9.62. The summed E-state index contributed by atoms with van der Waals surface area (Å²) in [5.74, 6) is -1.70. The lowest BCUT2D eigenvalue weighted by atomic mass is 9.81. The van der Waals surface area contributed by atoms with E-state index in [1.165, 1.54) is 9.21 Å². The summed E-state index contributed by atoms with van der Waals surface area (Å²) in [6.07, 6.45) is 2.70. The Morgan fingerprint density at radius 2 is 2.09 bits per heavy atom. The van der Waals surface area contributed by atoms with Crippen LogP contribution < -0.4 is 0 Å². The number of carbonyl (C=O) groups is 2. The summed E-state index contributed by atoms with van der Waals surface area (Å²) < 4.78 is 24.6. The van der Waals surface area contributed by atoms with Crippen molar-refractivity contribution in [3.63, 3.8) is 0 Å². The molecule has 120 valence electrons. The van der Waals surface area contributed by atoms with Gasteiger partial charge >= 0.3 is 5.97 Å². The number of amides is 1. The molecule has 2 saturated heterocycles. The summed E-state index contributed by atoms with van der Waals surface area (Å²) >= 11 is 0. The van der Waals surface area contributed by atoms with E-state index in [1.807, 2.05) is 0 Å². The van der Waals surface area contributed by atoms with Gasteiger partial charge in [-0.2, -0.15) is 0 Å². The molecule has 2 aliphatic heterocycles. The molecular formula is C13H17N3O5S. The quantitative estimate of drug-likeness (QED) is 0.772. The zero-order valence-corrected chi connectivity index (χ0v) is 12.8. The molecule has 8 nitrogen and oxygen atoms in total. The molecule has 2 aliphatic rings. The van der Waals surface area contributed by atoms with Gasteiger partial charge in [0.1, 0.15) is 11.1 Å². The van der Waals surface area contributed by atoms with Crippen molar-refractivity contribution >= 4 is 21.9 Å². The second-order valence-corrected chi connectivity index (χ2v) is 7.97. The minimum atomic E-state index is -3.44. The van der Waals surface area contributed by atoms with Crippen LogP contribution in [0.4, 0.5) is 0 Å². The Morgan fingerprint density at radius 3 is 2.59 bits per heavy atom. The smallest absolute Gasteiger partial charge is 0.313 e. The lowest BCUT2D eigenvalue weighted by Crippen LogP contribution is -2.42. The number of likely N-dealkylation sites (tertiary alicyclic amines) is 1. The number of aliphatic carboxylic acids is 1. The van der Waals surface area contributed by atoms with E-state index in [1.54, 1.807) is 18.3 Å². The molecule has 0 unspecified atom stereocenters. The van der Waals surface area contributed by atoms with Gasteiger partial charge in [0.15, 0.2) is 0 Å². The van der Waals surface area contributed by atoms with Crippen LogP contribution >= 0.6 is 0 Å². The Kier molecular flexibility index (Phi) is 3.29. The first-order chi connectivity index (χ1) is 10.2. The molecule has 2 N–H and O–H groups in total. The number of carbonyl (C=O) groups excluding carboxylic acids is 1. The molecule has 0 bridgehead atoms. The van der Waals surface area contributed by atoms with Gasteiger partial charge < -0.3 is 15.0 Å². The van der Waals surface area contributed by atoms with Crippen molar-refractivity contribution in [2.75, 3.05) is 32.4 Å². The Labute approximate surface area is 127 Å². The molecule has 22 heavy (non-hydrogen) atoms. The fourth-order valence-corrected chi connectivity index (χ4v) is 4.28. The number of aromatic nitrogens is 1. The maximum absolute atomic E-state index is 12.4. The van der Waals surface area contributed by atoms with Gasteiger partial charge in [-0.05, 0) is 12.1 Å². The van der Waals surface area contributed by atoms with Gasteiger partial charge in [-0.1, -0.05) is 0 Å². The van der Waals surface area contributed by atoms with Crippen molar-refractivity contribution in [2.24, 2.45) is 11.3 Å². The highest BCUT2D eigenvalue weighted by molar-refractivity contribution is 7.88. The molecule has 0 aromatic carbocycles. The highest BCUT2D eigenvalue weighted by Crippen LogP contribution is 2.43. The average Bonchev–Trinajstić information content (AvgIpc) is 3.10. The number of rotatable bonds is 3. The van der Waals surface area contributed by atoms with E-state index in [0.717, 1.165) is 6.26 Å². The lowest BCUT2D eigenvalue weighted by molar-refractivity contribution is -0.148. The normalized spacial score (nSPS) is 28.8. The summed E-state index contributed by atoms with van der Waals surface area (Å²) in [4.78, 5) is 28.4. The molecule has 0 saturated carbocycles. The predicted molar refractivity (Wildman–Crippen MR) is 76.7 cm³/mol. The molecular weight excluding hydrogens is 310 g/mol. The molecule has 0 aliphatic carbocycles. The van der Waals surface area contributed by atoms with E-state index in [-0.39, 0.29) is 32.1 Å². The monoisotopic (exact) mass is 327 g/mol. The van der Waals surface area contributed by atoms with Gasteiger partial charge in [-0.15, -0.1) is 0 Å². The summed E-state index contributed by atoms with van der Waals surface area (Å²) in [6, 6.07) is 3.33. The zero-order chi connectivity index (χ0) is 16.1. The van der Waals surface area contributed by atoms with Crippen molar-refractivity contribution in [1.29, 1.82) is 0 Å². The van der Waals surface area contributed by atoms with E-state index in [4.69, 9.17) is 0 Å². The second kappa shape index (κ2) is 4.82. The van der Waals surface area contributed by atoms with Crippen LogP contribution in [0, 0.1) is 11.3 Å². The summed E-state index contributed by atoms with van der Waals surface area (Å²) in [6.45, 7) is 0.326. The van der Waals surface area contributed by atoms with E-state index >= 15 is 0 Å². The van der Waals surface area contributed by atoms with E-state index in [2.05, 4.69) is 4.98 Å². The third-order valence-corrected chi connectivity index (χ3v) is 5.80. The number of aromatic amines is 1. The standard InChI is InChI=1S/C13H17N3O5S/c1-22(20,21)16-6-9-5-15(7-13(9,8-16)12(18)19)11(17)10-3-2-4-14-10/h2-4,9,14H,5-8H2,1H3,(H,18,19)/t9-,13-/m0/s1. The number of hydrogen-bond donors (Lipinski definition) is 2. The largest absolute Gasteiger partial charge is 0.481 e. The number of fused-ring (bicyclic) bond motifs is 1. The van der Waals surface area contributed by atoms with Gasteiger partial charge in [0.05, 0.1) is 6.26 Å². The van der Waals surface area contributed by atoms with Gasteiger partial charge in [0, 0.05) is 38.3 Å². The Balaban J connectivity index is 1.86. The van der Waals surface area contributed by atoms with Gasteiger partial charge in [0.25, 0.3) is 5.91 Å². The second-order valence-electron chi connectivity index (χ2n) is 5.98. The fraction of sp³-hybridized carbons (Fsp3) is 0.538. The first-order valence-electron chi connectivity index (χ1n) is 6.85. The topological polar surface area (TPSA) is 111 Å². The Bertz CT molecular complexity index is 714. The first kappa shape index (κ1) is 15.0. The van der Waals surface area contributed by atoms with Crippen LogP contribution in [0.15, 0.2) is 18.3 Å². The molecule has 3 rings (SSSR count). The molecule has 1 amide bonds. The number of H-pyrrole nitrogens is 1. The number of carboxylic acid groups (broad SMARTS) is 1. The van der Waals surface area contributed by atoms with Gasteiger partial charge in [-0.25, -0.2) is 12.7 Å². The van der Waals surface area contributed by atoms with Crippen LogP contribution in [-0.4, -0.2) is 72.0 Å². The van der Waals surface area contributed by atoms with Gasteiger partial charge in [-0.3, -0.25) is 9.59 Å². The van der Waals surface area contributed by atoms with E-state index in [0.29, 0.717) is 5.69 Å². The lowest BCUT2D eigenvalue weighted by Gasteiger charge is -2.24. The van der Waals surface area contributed by atoms with Crippen molar-refractivity contribution in [1.82, 2.24) is 14.2 Å².